The van der Waals surface area contributed by atoms with Gasteiger partial charge in [0.1, 0.15) is 5.75 Å². The zero-order chi connectivity index (χ0) is 15.2. The van der Waals surface area contributed by atoms with Crippen LogP contribution in [0, 0.1) is 5.92 Å². The van der Waals surface area contributed by atoms with Crippen molar-refractivity contribution >= 4 is 24.8 Å². The Kier molecular flexibility index (Phi) is 10.7. The third-order valence-corrected chi connectivity index (χ3v) is 3.76. The molecule has 3 nitrogen and oxygen atoms in total. The molecule has 1 fully saturated rings. The maximum Gasteiger partial charge on any atom is 0.387 e. The quantitative estimate of drug-likeness (QED) is 0.814. The van der Waals surface area contributed by atoms with E-state index in [9.17, 15) is 8.78 Å². The summed E-state index contributed by atoms with van der Waals surface area (Å²) in [5.74, 6) is 0.788. The number of benzene rings is 1. The summed E-state index contributed by atoms with van der Waals surface area (Å²) < 4.78 is 29.3. The number of halogens is 4. The lowest BCUT2D eigenvalue weighted by molar-refractivity contribution is -0.0499. The average molecular weight is 371 g/mol. The van der Waals surface area contributed by atoms with Gasteiger partial charge in [-0.2, -0.15) is 8.78 Å². The van der Waals surface area contributed by atoms with Gasteiger partial charge in [0.05, 0.1) is 0 Å². The van der Waals surface area contributed by atoms with Gasteiger partial charge < -0.3 is 10.1 Å². The van der Waals surface area contributed by atoms with E-state index >= 15 is 0 Å². The Morgan fingerprint density at radius 1 is 1.17 bits per heavy atom. The summed E-state index contributed by atoms with van der Waals surface area (Å²) in [6.45, 7) is 5.52. The van der Waals surface area contributed by atoms with Crippen LogP contribution in [0.25, 0.3) is 0 Å². The maximum absolute atomic E-state index is 12.4. The molecule has 1 N–H and O–H groups in total. The van der Waals surface area contributed by atoms with E-state index in [1.807, 2.05) is 6.07 Å². The number of hydrogen-bond donors (Lipinski definition) is 1. The third-order valence-electron chi connectivity index (χ3n) is 3.76. The van der Waals surface area contributed by atoms with Crippen LogP contribution in [0.5, 0.6) is 5.75 Å². The van der Waals surface area contributed by atoms with Gasteiger partial charge in [-0.15, -0.1) is 24.8 Å². The molecule has 0 amide bonds. The van der Waals surface area contributed by atoms with Crippen molar-refractivity contribution in [3.8, 4) is 5.75 Å². The van der Waals surface area contributed by atoms with Gasteiger partial charge in [0.2, 0.25) is 0 Å². The monoisotopic (exact) mass is 370 g/mol. The highest BCUT2D eigenvalue weighted by atomic mass is 35.5. The Labute approximate surface area is 149 Å². The number of nitrogens with one attached hydrogen (secondary N) is 1. The van der Waals surface area contributed by atoms with E-state index in [0.29, 0.717) is 5.92 Å². The zero-order valence-corrected chi connectivity index (χ0v) is 15.1. The molecule has 0 aromatic heterocycles. The van der Waals surface area contributed by atoms with Gasteiger partial charge >= 0.3 is 6.61 Å². The van der Waals surface area contributed by atoms with Crippen molar-refractivity contribution < 1.29 is 13.5 Å². The summed E-state index contributed by atoms with van der Waals surface area (Å²) in [5.41, 5.74) is 1.06. The molecule has 1 atom stereocenters. The van der Waals surface area contributed by atoms with E-state index in [4.69, 9.17) is 0 Å². The van der Waals surface area contributed by atoms with Gasteiger partial charge in [-0.1, -0.05) is 26.0 Å². The SMILES string of the molecule is CC(C)C[C@@H](c1cccc(OC(F)F)c1)N1CCNCC1.Cl.Cl. The summed E-state index contributed by atoms with van der Waals surface area (Å²) in [7, 11) is 0. The molecule has 1 heterocycles. The summed E-state index contributed by atoms with van der Waals surface area (Å²) >= 11 is 0. The van der Waals surface area contributed by atoms with Crippen molar-refractivity contribution in [3.63, 3.8) is 0 Å². The second-order valence-electron chi connectivity index (χ2n) is 5.88. The van der Waals surface area contributed by atoms with Crippen LogP contribution in [0.15, 0.2) is 24.3 Å². The fourth-order valence-corrected chi connectivity index (χ4v) is 2.83. The Balaban J connectivity index is 0.00000242. The molecule has 0 aliphatic carbocycles. The van der Waals surface area contributed by atoms with Crippen LogP contribution in [0.4, 0.5) is 8.78 Å². The molecule has 0 radical (unpaired) electrons. The molecule has 0 unspecified atom stereocenters. The number of hydrogen-bond acceptors (Lipinski definition) is 3. The van der Waals surface area contributed by atoms with Crippen LogP contribution in [0.3, 0.4) is 0 Å². The minimum atomic E-state index is -2.78. The van der Waals surface area contributed by atoms with E-state index in [0.717, 1.165) is 38.2 Å². The summed E-state index contributed by atoms with van der Waals surface area (Å²) in [4.78, 5) is 2.43. The van der Waals surface area contributed by atoms with Crippen molar-refractivity contribution in [2.45, 2.75) is 32.9 Å². The Hall–Kier alpha value is -0.620. The Morgan fingerprint density at radius 3 is 2.39 bits per heavy atom. The summed E-state index contributed by atoms with van der Waals surface area (Å²) in [5, 5.41) is 3.35. The molecule has 0 bridgehead atoms. The second-order valence-corrected chi connectivity index (χ2v) is 5.88. The zero-order valence-electron chi connectivity index (χ0n) is 13.5. The van der Waals surface area contributed by atoms with Gasteiger partial charge in [0.25, 0.3) is 0 Å². The fraction of sp³-hybridized carbons (Fsp3) is 0.625. The topological polar surface area (TPSA) is 24.5 Å². The lowest BCUT2D eigenvalue weighted by atomic mass is 9.95. The van der Waals surface area contributed by atoms with Crippen molar-refractivity contribution in [3.05, 3.63) is 29.8 Å². The van der Waals surface area contributed by atoms with Gasteiger partial charge in [0.15, 0.2) is 0 Å². The van der Waals surface area contributed by atoms with E-state index in [1.54, 1.807) is 18.2 Å². The fourth-order valence-electron chi connectivity index (χ4n) is 2.83. The largest absolute Gasteiger partial charge is 0.435 e. The van der Waals surface area contributed by atoms with Crippen LogP contribution in [0.1, 0.15) is 31.9 Å². The normalized spacial score (nSPS) is 16.6. The lowest BCUT2D eigenvalue weighted by Crippen LogP contribution is -2.45. The number of ether oxygens (including phenoxy) is 1. The van der Waals surface area contributed by atoms with Crippen LogP contribution >= 0.6 is 24.8 Å². The Morgan fingerprint density at radius 2 is 1.83 bits per heavy atom. The predicted molar refractivity (Wildman–Crippen MR) is 94.2 cm³/mol. The molecular weight excluding hydrogens is 345 g/mol. The maximum atomic E-state index is 12.4. The second kappa shape index (κ2) is 11.0. The van der Waals surface area contributed by atoms with Crippen LogP contribution in [0.2, 0.25) is 0 Å². The molecule has 0 spiro atoms. The standard InChI is InChI=1S/C16H24F2N2O.2ClH/c1-12(2)10-15(20-8-6-19-7-9-20)13-4-3-5-14(11-13)21-16(17)18;;/h3-5,11-12,15-16,19H,6-10H2,1-2H3;2*1H/t15-;;/m0../s1. The van der Waals surface area contributed by atoms with Crippen molar-refractivity contribution in [1.29, 1.82) is 0 Å². The molecule has 1 aliphatic heterocycles. The van der Waals surface area contributed by atoms with Gasteiger partial charge in [-0.3, -0.25) is 4.90 Å². The number of piperazine rings is 1. The average Bonchev–Trinajstić information content (AvgIpc) is 2.45. The van der Waals surface area contributed by atoms with E-state index in [1.165, 1.54) is 0 Å². The summed E-state index contributed by atoms with van der Waals surface area (Å²) in [6.07, 6.45) is 1.01. The highest BCUT2D eigenvalue weighted by molar-refractivity contribution is 5.85. The molecule has 134 valence electrons. The highest BCUT2D eigenvalue weighted by Gasteiger charge is 2.23. The molecule has 2 rings (SSSR count). The molecule has 7 heteroatoms. The minimum Gasteiger partial charge on any atom is -0.435 e. The van der Waals surface area contributed by atoms with E-state index in [-0.39, 0.29) is 36.6 Å². The van der Waals surface area contributed by atoms with E-state index in [2.05, 4.69) is 28.8 Å². The van der Waals surface area contributed by atoms with Crippen molar-refractivity contribution in [2.24, 2.45) is 5.92 Å². The first-order chi connectivity index (χ1) is 10.1. The van der Waals surface area contributed by atoms with Crippen LogP contribution < -0.4 is 10.1 Å². The first-order valence-corrected chi connectivity index (χ1v) is 7.56. The molecule has 1 aromatic rings. The first-order valence-electron chi connectivity index (χ1n) is 7.56. The molecule has 1 aliphatic rings. The van der Waals surface area contributed by atoms with Crippen molar-refractivity contribution in [2.75, 3.05) is 26.2 Å². The number of alkyl halides is 2. The lowest BCUT2D eigenvalue weighted by Gasteiger charge is -2.36. The Bertz CT molecular complexity index is 444. The van der Waals surface area contributed by atoms with Gasteiger partial charge in [-0.05, 0) is 30.0 Å². The summed E-state index contributed by atoms with van der Waals surface area (Å²) in [6, 6.07) is 7.39. The van der Waals surface area contributed by atoms with Gasteiger partial charge in [-0.25, -0.2) is 0 Å². The first kappa shape index (κ1) is 22.4. The molecule has 23 heavy (non-hydrogen) atoms. The predicted octanol–water partition coefficient (Wildman–Crippen LogP) is 4.12. The molecular formula is C16H26Cl2F2N2O. The van der Waals surface area contributed by atoms with Crippen molar-refractivity contribution in [1.82, 2.24) is 10.2 Å². The minimum absolute atomic E-state index is 0. The third kappa shape index (κ3) is 7.21. The van der Waals surface area contributed by atoms with Crippen LogP contribution in [-0.2, 0) is 0 Å². The highest BCUT2D eigenvalue weighted by Crippen LogP contribution is 2.30. The van der Waals surface area contributed by atoms with Crippen LogP contribution in [-0.4, -0.2) is 37.7 Å². The molecule has 0 saturated carbocycles. The molecule has 1 aromatic carbocycles. The van der Waals surface area contributed by atoms with E-state index < -0.39 is 6.61 Å². The number of nitrogens with zero attached hydrogens (tertiary/aromatic N) is 1. The van der Waals surface area contributed by atoms with Gasteiger partial charge in [0, 0.05) is 32.2 Å². The smallest absolute Gasteiger partial charge is 0.387 e. The number of rotatable bonds is 6. The molecule has 1 saturated heterocycles.